The summed E-state index contributed by atoms with van der Waals surface area (Å²) < 4.78 is 5.60. The molecule has 1 atom stereocenters. The molecule has 3 heteroatoms. The topological polar surface area (TPSA) is 30.2 Å². The summed E-state index contributed by atoms with van der Waals surface area (Å²) in [5.41, 5.74) is 0. The maximum atomic E-state index is 11.4. The molecule has 0 aromatic carbocycles. The van der Waals surface area contributed by atoms with Crippen molar-refractivity contribution in [3.63, 3.8) is 0 Å². The fraction of sp³-hybridized carbons (Fsp3) is 0.583. The van der Waals surface area contributed by atoms with E-state index in [-0.39, 0.29) is 5.25 Å². The molecule has 15 heavy (non-hydrogen) atoms. The Morgan fingerprint density at radius 1 is 1.47 bits per heavy atom. The van der Waals surface area contributed by atoms with Gasteiger partial charge in [-0.05, 0) is 25.0 Å². The number of hydrogen-bond acceptors (Lipinski definition) is 3. The van der Waals surface area contributed by atoms with Gasteiger partial charge in [-0.3, -0.25) is 4.79 Å². The van der Waals surface area contributed by atoms with Crippen LogP contribution in [0.4, 0.5) is 0 Å². The fourth-order valence-electron chi connectivity index (χ4n) is 1.83. The molecular formula is C12H16O2S. The summed E-state index contributed by atoms with van der Waals surface area (Å²) in [7, 11) is 0. The first-order chi connectivity index (χ1) is 7.29. The maximum absolute atomic E-state index is 11.4. The van der Waals surface area contributed by atoms with Crippen molar-refractivity contribution in [3.05, 3.63) is 23.7 Å². The number of aryl methyl sites for hydroxylation is 1. The number of carbonyl (C=O) groups is 1. The predicted molar refractivity (Wildman–Crippen MR) is 62.0 cm³/mol. The molecule has 0 N–H and O–H groups in total. The smallest absolute Gasteiger partial charge is 0.145 e. The monoisotopic (exact) mass is 224 g/mol. The second-order valence-corrected chi connectivity index (χ2v) is 5.07. The number of rotatable bonds is 4. The van der Waals surface area contributed by atoms with Crippen LogP contribution in [-0.4, -0.2) is 11.0 Å². The molecule has 1 heterocycles. The third-order valence-electron chi connectivity index (χ3n) is 2.74. The van der Waals surface area contributed by atoms with Crippen LogP contribution in [0.2, 0.25) is 0 Å². The van der Waals surface area contributed by atoms with Crippen LogP contribution < -0.4 is 0 Å². The molecule has 2 rings (SSSR count). The van der Waals surface area contributed by atoms with E-state index < -0.39 is 0 Å². The highest BCUT2D eigenvalue weighted by atomic mass is 32.2. The highest BCUT2D eigenvalue weighted by Gasteiger charge is 2.24. The van der Waals surface area contributed by atoms with E-state index >= 15 is 0 Å². The van der Waals surface area contributed by atoms with Gasteiger partial charge in [0.25, 0.3) is 0 Å². The van der Waals surface area contributed by atoms with Crippen LogP contribution in [0.15, 0.2) is 16.5 Å². The van der Waals surface area contributed by atoms with E-state index in [1.54, 1.807) is 11.8 Å². The minimum Gasteiger partial charge on any atom is -0.465 e. The molecule has 2 nitrogen and oxygen atoms in total. The van der Waals surface area contributed by atoms with E-state index in [2.05, 4.69) is 6.92 Å². The molecule has 0 aliphatic heterocycles. The molecule has 0 bridgehead atoms. The van der Waals surface area contributed by atoms with Crippen molar-refractivity contribution in [1.82, 2.24) is 0 Å². The predicted octanol–water partition coefficient (Wildman–Crippen LogP) is 3.20. The average molecular weight is 224 g/mol. The van der Waals surface area contributed by atoms with Crippen LogP contribution in [0.5, 0.6) is 0 Å². The van der Waals surface area contributed by atoms with Crippen LogP contribution in [0.1, 0.15) is 37.7 Å². The van der Waals surface area contributed by atoms with Crippen molar-refractivity contribution in [2.24, 2.45) is 0 Å². The molecule has 1 fully saturated rings. The van der Waals surface area contributed by atoms with Gasteiger partial charge in [-0.2, -0.15) is 0 Å². The van der Waals surface area contributed by atoms with Gasteiger partial charge >= 0.3 is 0 Å². The van der Waals surface area contributed by atoms with Gasteiger partial charge in [-0.15, -0.1) is 11.8 Å². The first-order valence-electron chi connectivity index (χ1n) is 5.51. The second-order valence-electron chi connectivity index (χ2n) is 3.88. The van der Waals surface area contributed by atoms with Crippen molar-refractivity contribution < 1.29 is 9.21 Å². The SMILES string of the molecule is CCc1ccc(CSC2CCCC2=O)o1. The number of carbonyl (C=O) groups excluding carboxylic acids is 1. The summed E-state index contributed by atoms with van der Waals surface area (Å²) in [5, 5.41) is 0.222. The molecule has 0 amide bonds. The lowest BCUT2D eigenvalue weighted by Gasteiger charge is -2.05. The van der Waals surface area contributed by atoms with E-state index in [1.165, 1.54) is 0 Å². The van der Waals surface area contributed by atoms with Gasteiger partial charge in [-0.25, -0.2) is 0 Å². The summed E-state index contributed by atoms with van der Waals surface area (Å²) in [6.07, 6.45) is 3.82. The van der Waals surface area contributed by atoms with Gasteiger partial charge in [0.05, 0.1) is 11.0 Å². The Morgan fingerprint density at radius 2 is 2.27 bits per heavy atom. The van der Waals surface area contributed by atoms with Crippen LogP contribution in [0.25, 0.3) is 0 Å². The first-order valence-corrected chi connectivity index (χ1v) is 6.56. The Bertz CT molecular complexity index is 343. The van der Waals surface area contributed by atoms with Crippen molar-refractivity contribution in [2.75, 3.05) is 0 Å². The van der Waals surface area contributed by atoms with E-state index in [4.69, 9.17) is 4.42 Å². The van der Waals surface area contributed by atoms with E-state index in [0.29, 0.717) is 5.78 Å². The highest BCUT2D eigenvalue weighted by molar-refractivity contribution is 7.99. The Labute approximate surface area is 94.4 Å². The Morgan fingerprint density at radius 3 is 2.87 bits per heavy atom. The molecule has 1 saturated carbocycles. The molecule has 1 unspecified atom stereocenters. The molecule has 1 aliphatic carbocycles. The van der Waals surface area contributed by atoms with Crippen molar-refractivity contribution in [1.29, 1.82) is 0 Å². The average Bonchev–Trinajstić information content (AvgIpc) is 2.84. The van der Waals surface area contributed by atoms with Crippen LogP contribution in [-0.2, 0) is 17.0 Å². The summed E-state index contributed by atoms with van der Waals surface area (Å²) in [4.78, 5) is 11.4. The summed E-state index contributed by atoms with van der Waals surface area (Å²) in [5.74, 6) is 3.28. The van der Waals surface area contributed by atoms with Gasteiger partial charge in [0.15, 0.2) is 0 Å². The molecule has 0 spiro atoms. The molecule has 0 radical (unpaired) electrons. The van der Waals surface area contributed by atoms with Gasteiger partial charge in [-0.1, -0.05) is 6.92 Å². The standard InChI is InChI=1S/C12H16O2S/c1-2-9-6-7-10(14-9)8-15-12-5-3-4-11(12)13/h6-7,12H,2-5,8H2,1H3. The number of furan rings is 1. The molecular weight excluding hydrogens is 208 g/mol. The van der Waals surface area contributed by atoms with Gasteiger partial charge in [0, 0.05) is 12.8 Å². The lowest BCUT2D eigenvalue weighted by molar-refractivity contribution is -0.116. The van der Waals surface area contributed by atoms with Crippen molar-refractivity contribution in [3.8, 4) is 0 Å². The second kappa shape index (κ2) is 4.88. The van der Waals surface area contributed by atoms with E-state index in [0.717, 1.165) is 43.0 Å². The fourth-order valence-corrected chi connectivity index (χ4v) is 2.99. The number of hydrogen-bond donors (Lipinski definition) is 0. The Kier molecular flexibility index (Phi) is 3.52. The third-order valence-corrected chi connectivity index (χ3v) is 4.09. The molecule has 82 valence electrons. The lowest BCUT2D eigenvalue weighted by Crippen LogP contribution is -2.08. The zero-order valence-electron chi connectivity index (χ0n) is 8.99. The van der Waals surface area contributed by atoms with Crippen molar-refractivity contribution in [2.45, 2.75) is 43.6 Å². The first kappa shape index (κ1) is 10.8. The van der Waals surface area contributed by atoms with Crippen molar-refractivity contribution >= 4 is 17.5 Å². The summed E-state index contributed by atoms with van der Waals surface area (Å²) >= 11 is 1.73. The molecule has 1 aliphatic rings. The maximum Gasteiger partial charge on any atom is 0.145 e. The molecule has 1 aromatic heterocycles. The van der Waals surface area contributed by atoms with Gasteiger partial charge in [0.2, 0.25) is 0 Å². The van der Waals surface area contributed by atoms with Gasteiger partial charge < -0.3 is 4.42 Å². The third kappa shape index (κ3) is 2.65. The van der Waals surface area contributed by atoms with Gasteiger partial charge in [0.1, 0.15) is 17.3 Å². The van der Waals surface area contributed by atoms with E-state index in [1.807, 2.05) is 12.1 Å². The number of Topliss-reactive ketones (excluding diaryl/α,β-unsaturated/α-hetero) is 1. The quantitative estimate of drug-likeness (QED) is 0.786. The summed E-state index contributed by atoms with van der Waals surface area (Å²) in [6.45, 7) is 2.08. The molecule has 1 aromatic rings. The molecule has 0 saturated heterocycles. The van der Waals surface area contributed by atoms with E-state index in [9.17, 15) is 4.79 Å². The zero-order valence-corrected chi connectivity index (χ0v) is 9.81. The van der Waals surface area contributed by atoms with Crippen LogP contribution in [0.3, 0.4) is 0 Å². The highest BCUT2D eigenvalue weighted by Crippen LogP contribution is 2.29. The Balaban J connectivity index is 1.84. The number of ketones is 1. The normalized spacial score (nSPS) is 21.1. The summed E-state index contributed by atoms with van der Waals surface area (Å²) in [6, 6.07) is 4.04. The zero-order chi connectivity index (χ0) is 10.7. The minimum atomic E-state index is 0.222. The lowest BCUT2D eigenvalue weighted by atomic mass is 10.3. The minimum absolute atomic E-state index is 0.222. The number of thioether (sulfide) groups is 1. The van der Waals surface area contributed by atoms with Crippen LogP contribution in [0, 0.1) is 0 Å². The Hall–Kier alpha value is -0.700. The largest absolute Gasteiger partial charge is 0.465 e. The van der Waals surface area contributed by atoms with Crippen LogP contribution >= 0.6 is 11.8 Å².